The van der Waals surface area contributed by atoms with Gasteiger partial charge in [-0.05, 0) is 57.1 Å². The van der Waals surface area contributed by atoms with Crippen LogP contribution in [0.25, 0.3) is 0 Å². The molecule has 1 aliphatic rings. The van der Waals surface area contributed by atoms with Gasteiger partial charge in [0.2, 0.25) is 11.8 Å². The van der Waals surface area contributed by atoms with E-state index in [1.165, 1.54) is 0 Å². The van der Waals surface area contributed by atoms with Crippen LogP contribution in [-0.4, -0.2) is 29.8 Å². The number of para-hydroxylation sites is 1. The molecule has 0 bridgehead atoms. The topological polar surface area (TPSA) is 49.4 Å². The minimum atomic E-state index is -1.07. The van der Waals surface area contributed by atoms with E-state index in [0.29, 0.717) is 5.92 Å². The van der Waals surface area contributed by atoms with Gasteiger partial charge in [0.25, 0.3) is 0 Å². The summed E-state index contributed by atoms with van der Waals surface area (Å²) in [4.78, 5) is 27.6. The molecule has 4 heteroatoms. The maximum atomic E-state index is 12.9. The molecule has 0 aliphatic carbocycles. The molecule has 132 valence electrons. The van der Waals surface area contributed by atoms with Crippen molar-refractivity contribution in [3.8, 4) is 0 Å². The zero-order valence-electron chi connectivity index (χ0n) is 15.6. The van der Waals surface area contributed by atoms with Crippen LogP contribution in [0.15, 0.2) is 18.2 Å². The first-order chi connectivity index (χ1) is 11.3. The van der Waals surface area contributed by atoms with Crippen molar-refractivity contribution in [1.29, 1.82) is 0 Å². The highest BCUT2D eigenvalue weighted by molar-refractivity contribution is 6.10. The molecular weight excluding hydrogens is 300 g/mol. The number of benzene rings is 1. The third-order valence-electron chi connectivity index (χ3n) is 5.03. The lowest BCUT2D eigenvalue weighted by Crippen LogP contribution is -2.50. The lowest BCUT2D eigenvalue weighted by Gasteiger charge is -2.36. The van der Waals surface area contributed by atoms with E-state index in [-0.39, 0.29) is 11.8 Å². The average molecular weight is 330 g/mol. The van der Waals surface area contributed by atoms with Crippen molar-refractivity contribution in [3.63, 3.8) is 0 Å². The molecule has 1 N–H and O–H groups in total. The zero-order chi connectivity index (χ0) is 17.9. The molecule has 2 rings (SSSR count). The minimum Gasteiger partial charge on any atom is -0.342 e. The molecule has 24 heavy (non-hydrogen) atoms. The quantitative estimate of drug-likeness (QED) is 0.854. The molecule has 0 spiro atoms. The number of nitrogens with zero attached hydrogens (tertiary/aromatic N) is 1. The number of hydrogen-bond acceptors (Lipinski definition) is 2. The van der Waals surface area contributed by atoms with Gasteiger partial charge in [0, 0.05) is 18.8 Å². The first-order valence-electron chi connectivity index (χ1n) is 8.96. The van der Waals surface area contributed by atoms with Gasteiger partial charge >= 0.3 is 0 Å². The molecule has 1 atom stereocenters. The van der Waals surface area contributed by atoms with E-state index in [1.807, 2.05) is 30.0 Å². The van der Waals surface area contributed by atoms with Crippen LogP contribution in [0.4, 0.5) is 5.69 Å². The van der Waals surface area contributed by atoms with Crippen molar-refractivity contribution in [1.82, 2.24) is 4.90 Å². The third kappa shape index (κ3) is 3.80. The van der Waals surface area contributed by atoms with E-state index in [4.69, 9.17) is 0 Å². The van der Waals surface area contributed by atoms with Crippen LogP contribution in [0.5, 0.6) is 0 Å². The molecule has 1 fully saturated rings. The van der Waals surface area contributed by atoms with Crippen molar-refractivity contribution < 1.29 is 9.59 Å². The fraction of sp³-hybridized carbons (Fsp3) is 0.600. The Balaban J connectivity index is 2.17. The van der Waals surface area contributed by atoms with Gasteiger partial charge in [0.05, 0.1) is 0 Å². The molecule has 1 aromatic carbocycles. The molecule has 0 radical (unpaired) electrons. The summed E-state index contributed by atoms with van der Waals surface area (Å²) < 4.78 is 0. The van der Waals surface area contributed by atoms with E-state index in [2.05, 4.69) is 19.2 Å². The number of amides is 2. The van der Waals surface area contributed by atoms with Crippen molar-refractivity contribution in [2.45, 2.75) is 53.9 Å². The van der Waals surface area contributed by atoms with Crippen LogP contribution in [0, 0.1) is 18.3 Å². The molecule has 1 heterocycles. The summed E-state index contributed by atoms with van der Waals surface area (Å²) in [5.41, 5.74) is 1.90. The first-order valence-corrected chi connectivity index (χ1v) is 8.96. The van der Waals surface area contributed by atoms with E-state index < -0.39 is 5.41 Å². The Hall–Kier alpha value is -1.84. The highest BCUT2D eigenvalue weighted by atomic mass is 16.2. The summed E-state index contributed by atoms with van der Waals surface area (Å²) in [5.74, 6) is 0.206. The lowest BCUT2D eigenvalue weighted by atomic mass is 9.88. The Kier molecular flexibility index (Phi) is 5.68. The van der Waals surface area contributed by atoms with Gasteiger partial charge in [-0.25, -0.2) is 0 Å². The molecule has 2 amide bonds. The number of rotatable bonds is 4. The Bertz CT molecular complexity index is 622. The fourth-order valence-corrected chi connectivity index (χ4v) is 3.34. The van der Waals surface area contributed by atoms with Crippen LogP contribution in [-0.2, 0) is 16.0 Å². The van der Waals surface area contributed by atoms with Crippen LogP contribution in [0.2, 0.25) is 0 Å². The lowest BCUT2D eigenvalue weighted by molar-refractivity contribution is -0.147. The highest BCUT2D eigenvalue weighted by Gasteiger charge is 2.40. The Labute approximate surface area is 145 Å². The van der Waals surface area contributed by atoms with E-state index >= 15 is 0 Å². The van der Waals surface area contributed by atoms with Gasteiger partial charge in [-0.15, -0.1) is 0 Å². The zero-order valence-corrected chi connectivity index (χ0v) is 15.6. The summed E-state index contributed by atoms with van der Waals surface area (Å²) >= 11 is 0. The predicted octanol–water partition coefficient (Wildman–Crippen LogP) is 3.78. The maximum absolute atomic E-state index is 12.9. The van der Waals surface area contributed by atoms with Gasteiger partial charge in [-0.1, -0.05) is 32.0 Å². The molecule has 4 nitrogen and oxygen atoms in total. The Morgan fingerprint density at radius 2 is 2.04 bits per heavy atom. The SMILES string of the molecule is CCc1cccc(C)c1NC(=O)C(C)(C)C(=O)N1CCCC(C)C1. The fourth-order valence-electron chi connectivity index (χ4n) is 3.34. The van der Waals surface area contributed by atoms with E-state index in [0.717, 1.165) is 49.2 Å². The van der Waals surface area contributed by atoms with Crippen molar-refractivity contribution >= 4 is 17.5 Å². The van der Waals surface area contributed by atoms with E-state index in [9.17, 15) is 9.59 Å². The molecule has 0 aromatic heterocycles. The molecule has 1 unspecified atom stereocenters. The number of likely N-dealkylation sites (tertiary alicyclic amines) is 1. The van der Waals surface area contributed by atoms with Crippen LogP contribution in [0.3, 0.4) is 0 Å². The van der Waals surface area contributed by atoms with Crippen LogP contribution < -0.4 is 5.32 Å². The molecule has 1 aromatic rings. The molecule has 1 aliphatic heterocycles. The number of anilines is 1. The number of hydrogen-bond donors (Lipinski definition) is 1. The summed E-state index contributed by atoms with van der Waals surface area (Å²) in [7, 11) is 0. The Morgan fingerprint density at radius 3 is 2.67 bits per heavy atom. The normalized spacial score (nSPS) is 18.4. The number of nitrogens with one attached hydrogen (secondary N) is 1. The maximum Gasteiger partial charge on any atom is 0.239 e. The molecular formula is C20H30N2O2. The molecule has 1 saturated heterocycles. The second kappa shape index (κ2) is 7.37. The standard InChI is InChI=1S/C20H30N2O2/c1-6-16-11-7-10-15(3)17(16)21-18(23)20(4,5)19(24)22-12-8-9-14(2)13-22/h7,10-11,14H,6,8-9,12-13H2,1-5H3,(H,21,23). The number of piperidine rings is 1. The highest BCUT2D eigenvalue weighted by Crippen LogP contribution is 2.28. The largest absolute Gasteiger partial charge is 0.342 e. The second-order valence-corrected chi connectivity index (χ2v) is 7.54. The predicted molar refractivity (Wildman–Crippen MR) is 97.9 cm³/mol. The Morgan fingerprint density at radius 1 is 1.33 bits per heavy atom. The van der Waals surface area contributed by atoms with Gasteiger partial charge in [-0.2, -0.15) is 0 Å². The summed E-state index contributed by atoms with van der Waals surface area (Å²) in [6.45, 7) is 11.2. The second-order valence-electron chi connectivity index (χ2n) is 7.54. The number of carbonyl (C=O) groups excluding carboxylic acids is 2. The first kappa shape index (κ1) is 18.5. The minimum absolute atomic E-state index is 0.0711. The third-order valence-corrected chi connectivity index (χ3v) is 5.03. The van der Waals surface area contributed by atoms with Gasteiger partial charge in [0.1, 0.15) is 5.41 Å². The summed E-state index contributed by atoms with van der Waals surface area (Å²) in [6.07, 6.45) is 3.01. The number of aryl methyl sites for hydroxylation is 2. The molecule has 0 saturated carbocycles. The van der Waals surface area contributed by atoms with Gasteiger partial charge < -0.3 is 10.2 Å². The van der Waals surface area contributed by atoms with Crippen molar-refractivity contribution in [3.05, 3.63) is 29.3 Å². The van der Waals surface area contributed by atoms with Crippen LogP contribution >= 0.6 is 0 Å². The van der Waals surface area contributed by atoms with Crippen molar-refractivity contribution in [2.75, 3.05) is 18.4 Å². The monoisotopic (exact) mass is 330 g/mol. The van der Waals surface area contributed by atoms with Gasteiger partial charge in [0.15, 0.2) is 0 Å². The summed E-state index contributed by atoms with van der Waals surface area (Å²) in [5, 5.41) is 3.01. The average Bonchev–Trinajstić information content (AvgIpc) is 2.55. The summed E-state index contributed by atoms with van der Waals surface area (Å²) in [6, 6.07) is 5.99. The van der Waals surface area contributed by atoms with Gasteiger partial charge in [-0.3, -0.25) is 9.59 Å². The number of carbonyl (C=O) groups is 2. The van der Waals surface area contributed by atoms with Crippen molar-refractivity contribution in [2.24, 2.45) is 11.3 Å². The smallest absolute Gasteiger partial charge is 0.239 e. The van der Waals surface area contributed by atoms with E-state index in [1.54, 1.807) is 13.8 Å². The van der Waals surface area contributed by atoms with Crippen LogP contribution in [0.1, 0.15) is 51.7 Å².